The van der Waals surface area contributed by atoms with E-state index in [9.17, 15) is 19.2 Å². The number of hydrogen-bond acceptors (Lipinski definition) is 4. The van der Waals surface area contributed by atoms with E-state index in [2.05, 4.69) is 20.8 Å². The van der Waals surface area contributed by atoms with Gasteiger partial charge in [-0.05, 0) is 37.0 Å². The minimum atomic E-state index is -1.36. The largest absolute Gasteiger partial charge is 0.339 e. The van der Waals surface area contributed by atoms with Crippen LogP contribution in [0.2, 0.25) is 0 Å². The summed E-state index contributed by atoms with van der Waals surface area (Å²) < 4.78 is 0. The molecule has 3 aliphatic heterocycles. The molecule has 3 aliphatic rings. The van der Waals surface area contributed by atoms with E-state index in [1.54, 1.807) is 24.0 Å². The quantitative estimate of drug-likeness (QED) is 0.694. The Hall–Kier alpha value is -2.70. The summed E-state index contributed by atoms with van der Waals surface area (Å²) in [4.78, 5) is 57.2. The summed E-state index contributed by atoms with van der Waals surface area (Å²) in [5.74, 6) is -2.74. The monoisotopic (exact) mass is 411 g/mol. The second kappa shape index (κ2) is 6.40. The molecule has 0 spiro atoms. The van der Waals surface area contributed by atoms with Gasteiger partial charge in [0.1, 0.15) is 5.54 Å². The summed E-state index contributed by atoms with van der Waals surface area (Å²) >= 11 is 0. The number of carbonyl (C=O) groups excluding carboxylic acids is 4. The van der Waals surface area contributed by atoms with Crippen LogP contribution in [-0.4, -0.2) is 70.0 Å². The van der Waals surface area contributed by atoms with Crippen molar-refractivity contribution in [3.8, 4) is 0 Å². The van der Waals surface area contributed by atoms with E-state index in [0.29, 0.717) is 12.1 Å². The Morgan fingerprint density at radius 1 is 1.10 bits per heavy atom. The van der Waals surface area contributed by atoms with E-state index in [0.717, 1.165) is 10.5 Å². The van der Waals surface area contributed by atoms with Gasteiger partial charge in [-0.25, -0.2) is 0 Å². The van der Waals surface area contributed by atoms with Crippen molar-refractivity contribution in [3.63, 3.8) is 0 Å². The molecule has 3 saturated heterocycles. The number of nitrogens with zero attached hydrogens (tertiary/aromatic N) is 3. The number of carbonyl (C=O) groups is 4. The molecule has 4 amide bonds. The molecule has 7 heteroatoms. The first-order valence-corrected chi connectivity index (χ1v) is 10.5. The minimum Gasteiger partial charge on any atom is -0.339 e. The molecule has 1 aromatic rings. The highest BCUT2D eigenvalue weighted by Gasteiger charge is 2.73. The minimum absolute atomic E-state index is 0.0459. The molecule has 160 valence electrons. The average molecular weight is 412 g/mol. The maximum absolute atomic E-state index is 13.6. The molecule has 3 fully saturated rings. The fraction of sp³-hybridized carbons (Fsp3) is 0.565. The molecule has 0 unspecified atom stereocenters. The Morgan fingerprint density at radius 3 is 2.23 bits per heavy atom. The van der Waals surface area contributed by atoms with Crippen molar-refractivity contribution in [3.05, 3.63) is 35.4 Å². The van der Waals surface area contributed by atoms with E-state index >= 15 is 0 Å². The number of piperazine rings is 1. The van der Waals surface area contributed by atoms with Gasteiger partial charge in [0.25, 0.3) is 5.91 Å². The second-order valence-corrected chi connectivity index (χ2v) is 9.80. The Bertz CT molecular complexity index is 948. The predicted octanol–water partition coefficient (Wildman–Crippen LogP) is 1.66. The van der Waals surface area contributed by atoms with Crippen LogP contribution in [0.4, 0.5) is 0 Å². The van der Waals surface area contributed by atoms with Crippen molar-refractivity contribution in [2.24, 2.45) is 11.8 Å². The predicted molar refractivity (Wildman–Crippen MR) is 111 cm³/mol. The number of likely N-dealkylation sites (N-methyl/N-ethyl adjacent to an activating group) is 1. The fourth-order valence-electron chi connectivity index (χ4n) is 5.41. The molecule has 2 bridgehead atoms. The molecule has 4 atom stereocenters. The van der Waals surface area contributed by atoms with Crippen LogP contribution in [0.3, 0.4) is 0 Å². The van der Waals surface area contributed by atoms with E-state index in [1.807, 2.05) is 19.1 Å². The van der Waals surface area contributed by atoms with Crippen molar-refractivity contribution in [2.45, 2.75) is 51.6 Å². The first-order chi connectivity index (χ1) is 13.9. The molecule has 0 saturated carbocycles. The van der Waals surface area contributed by atoms with Gasteiger partial charge in [0.05, 0.1) is 17.9 Å². The SMILES string of the molecule is CCN1C[C@@H]2[C@@H]3C(=O)N(C)C(=O)[C@@H]3[C@](C)(C1=O)N2C(=O)c1ccc(C(C)(C)C)cc1. The van der Waals surface area contributed by atoms with Crippen LogP contribution in [0.15, 0.2) is 24.3 Å². The number of benzene rings is 1. The zero-order valence-electron chi connectivity index (χ0n) is 18.4. The molecular weight excluding hydrogens is 382 g/mol. The first kappa shape index (κ1) is 20.6. The molecule has 0 N–H and O–H groups in total. The van der Waals surface area contributed by atoms with E-state index in [1.165, 1.54) is 11.9 Å². The van der Waals surface area contributed by atoms with Crippen molar-refractivity contribution < 1.29 is 19.2 Å². The lowest BCUT2D eigenvalue weighted by Crippen LogP contribution is -2.68. The van der Waals surface area contributed by atoms with Crippen LogP contribution in [0.1, 0.15) is 50.5 Å². The molecule has 0 aliphatic carbocycles. The molecule has 30 heavy (non-hydrogen) atoms. The number of imide groups is 1. The Morgan fingerprint density at radius 2 is 1.70 bits per heavy atom. The van der Waals surface area contributed by atoms with Crippen molar-refractivity contribution >= 4 is 23.6 Å². The summed E-state index contributed by atoms with van der Waals surface area (Å²) in [5, 5.41) is 0. The third kappa shape index (κ3) is 2.50. The van der Waals surface area contributed by atoms with Gasteiger partial charge in [0.15, 0.2) is 0 Å². The van der Waals surface area contributed by atoms with Gasteiger partial charge in [-0.15, -0.1) is 0 Å². The summed E-state index contributed by atoms with van der Waals surface area (Å²) in [6.45, 7) is 10.6. The van der Waals surface area contributed by atoms with Crippen LogP contribution >= 0.6 is 0 Å². The summed E-state index contributed by atoms with van der Waals surface area (Å²) in [5.41, 5.74) is 0.158. The maximum Gasteiger partial charge on any atom is 0.255 e. The second-order valence-electron chi connectivity index (χ2n) is 9.80. The smallest absolute Gasteiger partial charge is 0.255 e. The maximum atomic E-state index is 13.6. The summed E-state index contributed by atoms with van der Waals surface area (Å²) in [6, 6.07) is 6.88. The van der Waals surface area contributed by atoms with Gasteiger partial charge in [0, 0.05) is 25.7 Å². The number of rotatable bonds is 2. The summed E-state index contributed by atoms with van der Waals surface area (Å²) in [6.07, 6.45) is 0. The number of fused-ring (bicyclic) bond motifs is 5. The third-order valence-corrected chi connectivity index (χ3v) is 7.15. The molecule has 0 aromatic heterocycles. The van der Waals surface area contributed by atoms with E-state index < -0.39 is 23.4 Å². The van der Waals surface area contributed by atoms with E-state index in [4.69, 9.17) is 0 Å². The lowest BCUT2D eigenvalue weighted by atomic mass is 9.81. The Labute approximate surface area is 177 Å². The lowest BCUT2D eigenvalue weighted by molar-refractivity contribution is -0.154. The first-order valence-electron chi connectivity index (χ1n) is 10.5. The number of hydrogen-bond donors (Lipinski definition) is 0. The van der Waals surface area contributed by atoms with E-state index in [-0.39, 0.29) is 35.6 Å². The van der Waals surface area contributed by atoms with Gasteiger partial charge < -0.3 is 9.80 Å². The molecule has 0 radical (unpaired) electrons. The Balaban J connectivity index is 1.79. The average Bonchev–Trinajstić information content (AvgIpc) is 3.06. The zero-order valence-corrected chi connectivity index (χ0v) is 18.4. The van der Waals surface area contributed by atoms with Gasteiger partial charge >= 0.3 is 0 Å². The van der Waals surface area contributed by atoms with Gasteiger partial charge in [-0.1, -0.05) is 32.9 Å². The molecule has 1 aromatic carbocycles. The van der Waals surface area contributed by atoms with Gasteiger partial charge in [-0.2, -0.15) is 0 Å². The molecule has 4 rings (SSSR count). The highest BCUT2D eigenvalue weighted by Crippen LogP contribution is 2.52. The fourth-order valence-corrected chi connectivity index (χ4v) is 5.41. The molecular formula is C23H29N3O4. The van der Waals surface area contributed by atoms with Crippen LogP contribution in [-0.2, 0) is 19.8 Å². The van der Waals surface area contributed by atoms with Gasteiger partial charge in [-0.3, -0.25) is 24.1 Å². The van der Waals surface area contributed by atoms with Crippen LogP contribution in [0.5, 0.6) is 0 Å². The van der Waals surface area contributed by atoms with Crippen molar-refractivity contribution in [1.82, 2.24) is 14.7 Å². The zero-order chi connectivity index (χ0) is 22.2. The highest BCUT2D eigenvalue weighted by atomic mass is 16.2. The lowest BCUT2D eigenvalue weighted by Gasteiger charge is -2.47. The van der Waals surface area contributed by atoms with Crippen LogP contribution < -0.4 is 0 Å². The third-order valence-electron chi connectivity index (χ3n) is 7.15. The standard InChI is InChI=1S/C23H29N3O4/c1-7-25-12-15-16-17(20(29)24(6)19(16)28)23(5,21(25)30)26(15)18(27)13-8-10-14(11-9-13)22(2,3)4/h8-11,15-17H,7,12H2,1-6H3/t15-,16+,17-,23-/m1/s1. The normalized spacial score (nSPS) is 30.9. The van der Waals surface area contributed by atoms with Crippen LogP contribution in [0, 0.1) is 11.8 Å². The molecule has 7 nitrogen and oxygen atoms in total. The van der Waals surface area contributed by atoms with Gasteiger partial charge in [0.2, 0.25) is 17.7 Å². The topological polar surface area (TPSA) is 78.0 Å². The van der Waals surface area contributed by atoms with Crippen LogP contribution in [0.25, 0.3) is 0 Å². The summed E-state index contributed by atoms with van der Waals surface area (Å²) in [7, 11) is 1.46. The van der Waals surface area contributed by atoms with Crippen molar-refractivity contribution in [2.75, 3.05) is 20.1 Å². The molecule has 3 heterocycles. The highest BCUT2D eigenvalue weighted by molar-refractivity contribution is 6.13. The Kier molecular flexibility index (Phi) is 4.39. The van der Waals surface area contributed by atoms with Crippen molar-refractivity contribution in [1.29, 1.82) is 0 Å². The number of likely N-dealkylation sites (tertiary alicyclic amines) is 2. The number of amides is 4.